The number of halogens is 2. The second kappa shape index (κ2) is 5.72. The second-order valence-electron chi connectivity index (χ2n) is 4.31. The Morgan fingerprint density at radius 1 is 1.44 bits per heavy atom. The predicted molar refractivity (Wildman–Crippen MR) is 81.3 cm³/mol. The van der Waals surface area contributed by atoms with E-state index in [-0.39, 0.29) is 5.91 Å². The van der Waals surface area contributed by atoms with E-state index in [0.717, 1.165) is 34.5 Å². The molecule has 3 N–H and O–H groups in total. The number of carbonyl (C=O) groups excluding carboxylic acids is 1. The molecule has 0 bridgehead atoms. The van der Waals surface area contributed by atoms with E-state index < -0.39 is 5.54 Å². The van der Waals surface area contributed by atoms with Crippen LogP contribution in [0.5, 0.6) is 0 Å². The van der Waals surface area contributed by atoms with Gasteiger partial charge in [0.2, 0.25) is 5.91 Å². The van der Waals surface area contributed by atoms with Gasteiger partial charge in [-0.05, 0) is 58.5 Å². The Morgan fingerprint density at radius 2 is 2.11 bits per heavy atom. The van der Waals surface area contributed by atoms with Gasteiger partial charge in [0.25, 0.3) is 0 Å². The van der Waals surface area contributed by atoms with Crippen molar-refractivity contribution in [1.82, 2.24) is 0 Å². The lowest BCUT2D eigenvalue weighted by Gasteiger charge is -2.35. The normalized spacial score (nSPS) is 18.3. The third-order valence-electron chi connectivity index (χ3n) is 3.12. The van der Waals surface area contributed by atoms with Crippen molar-refractivity contribution < 1.29 is 4.79 Å². The first-order valence-corrected chi connectivity index (χ1v) is 7.97. The highest BCUT2D eigenvalue weighted by Crippen LogP contribution is 2.32. The van der Waals surface area contributed by atoms with Crippen LogP contribution >= 0.6 is 39.3 Å². The second-order valence-corrected chi connectivity index (χ2v) is 6.80. The molecule has 0 atom stereocenters. The number of nitrogens with one attached hydrogen (secondary N) is 1. The average Bonchev–Trinajstić information content (AvgIpc) is 2.35. The van der Waals surface area contributed by atoms with Crippen LogP contribution < -0.4 is 11.1 Å². The van der Waals surface area contributed by atoms with Crippen molar-refractivity contribution in [3.63, 3.8) is 0 Å². The molecule has 1 fully saturated rings. The van der Waals surface area contributed by atoms with E-state index >= 15 is 0 Å². The number of amides is 1. The lowest BCUT2D eigenvalue weighted by molar-refractivity contribution is -0.122. The molecule has 1 aliphatic rings. The minimum Gasteiger partial charge on any atom is -0.371 e. The first kappa shape index (κ1) is 14.0. The summed E-state index contributed by atoms with van der Waals surface area (Å²) in [6.07, 6.45) is 1.51. The highest BCUT2D eigenvalue weighted by atomic mass is 79.9. The molecule has 0 aliphatic carbocycles. The molecule has 98 valence electrons. The van der Waals surface area contributed by atoms with Crippen LogP contribution in [0, 0.1) is 0 Å². The van der Waals surface area contributed by atoms with E-state index in [1.165, 1.54) is 0 Å². The summed E-state index contributed by atoms with van der Waals surface area (Å²) in [5.41, 5.74) is 5.80. The Labute approximate surface area is 124 Å². The zero-order valence-electron chi connectivity index (χ0n) is 9.71. The van der Waals surface area contributed by atoms with Crippen molar-refractivity contribution in [2.45, 2.75) is 18.4 Å². The van der Waals surface area contributed by atoms with Gasteiger partial charge in [-0.25, -0.2) is 0 Å². The number of primary amides is 1. The molecule has 1 saturated heterocycles. The summed E-state index contributed by atoms with van der Waals surface area (Å²) in [5, 5.41) is 3.93. The zero-order valence-corrected chi connectivity index (χ0v) is 12.9. The molecule has 0 saturated carbocycles. The number of nitrogens with two attached hydrogens (primary N) is 1. The van der Waals surface area contributed by atoms with Gasteiger partial charge >= 0.3 is 0 Å². The molecule has 1 heterocycles. The quantitative estimate of drug-likeness (QED) is 0.880. The fourth-order valence-electron chi connectivity index (χ4n) is 2.00. The van der Waals surface area contributed by atoms with Crippen molar-refractivity contribution in [1.29, 1.82) is 0 Å². The summed E-state index contributed by atoms with van der Waals surface area (Å²) in [5.74, 6) is 1.61. The standard InChI is InChI=1S/C12H14BrClN2OS/c13-9-7-8(1-2-10(9)14)16-12(11(15)17)3-5-18-6-4-12/h1-2,7,16H,3-6H2,(H2,15,17). The maximum Gasteiger partial charge on any atom is 0.243 e. The Hall–Kier alpha value is -0.390. The number of hydrogen-bond acceptors (Lipinski definition) is 3. The van der Waals surface area contributed by atoms with Crippen molar-refractivity contribution in [3.8, 4) is 0 Å². The van der Waals surface area contributed by atoms with Crippen LogP contribution in [0.4, 0.5) is 5.69 Å². The van der Waals surface area contributed by atoms with E-state index in [1.54, 1.807) is 6.07 Å². The molecular formula is C12H14BrClN2OS. The number of benzene rings is 1. The van der Waals surface area contributed by atoms with Gasteiger partial charge in [0, 0.05) is 10.2 Å². The molecule has 1 aliphatic heterocycles. The highest BCUT2D eigenvalue weighted by Gasteiger charge is 2.38. The molecule has 3 nitrogen and oxygen atoms in total. The van der Waals surface area contributed by atoms with E-state index in [9.17, 15) is 4.79 Å². The van der Waals surface area contributed by atoms with Crippen LogP contribution in [0.15, 0.2) is 22.7 Å². The molecule has 1 aromatic rings. The van der Waals surface area contributed by atoms with Gasteiger partial charge in [0.15, 0.2) is 0 Å². The first-order valence-electron chi connectivity index (χ1n) is 5.64. The summed E-state index contributed by atoms with van der Waals surface area (Å²) in [4.78, 5) is 11.7. The molecule has 0 unspecified atom stereocenters. The van der Waals surface area contributed by atoms with E-state index in [1.807, 2.05) is 23.9 Å². The molecular weight excluding hydrogens is 336 g/mol. The monoisotopic (exact) mass is 348 g/mol. The molecule has 1 aromatic carbocycles. The van der Waals surface area contributed by atoms with Crippen LogP contribution in [0.25, 0.3) is 0 Å². The van der Waals surface area contributed by atoms with Crippen LogP contribution in [-0.2, 0) is 4.79 Å². The van der Waals surface area contributed by atoms with E-state index in [0.29, 0.717) is 5.02 Å². The van der Waals surface area contributed by atoms with Crippen LogP contribution in [0.1, 0.15) is 12.8 Å². The number of hydrogen-bond donors (Lipinski definition) is 2. The van der Waals surface area contributed by atoms with Crippen LogP contribution in [0.2, 0.25) is 5.02 Å². The maximum absolute atomic E-state index is 11.7. The van der Waals surface area contributed by atoms with Crippen LogP contribution in [-0.4, -0.2) is 23.0 Å². The summed E-state index contributed by atoms with van der Waals surface area (Å²) in [6, 6.07) is 5.52. The number of anilines is 1. The molecule has 0 radical (unpaired) electrons. The fourth-order valence-corrected chi connectivity index (χ4v) is 3.69. The third kappa shape index (κ3) is 2.95. The van der Waals surface area contributed by atoms with Gasteiger partial charge in [-0.2, -0.15) is 11.8 Å². The average molecular weight is 350 g/mol. The Bertz CT molecular complexity index is 463. The number of thioether (sulfide) groups is 1. The van der Waals surface area contributed by atoms with Gasteiger partial charge in [-0.1, -0.05) is 11.6 Å². The SMILES string of the molecule is NC(=O)C1(Nc2ccc(Cl)c(Br)c2)CCSCC1. The minimum absolute atomic E-state index is 0.283. The van der Waals surface area contributed by atoms with Gasteiger partial charge in [0.05, 0.1) is 5.02 Å². The third-order valence-corrected chi connectivity index (χ3v) is 5.32. The summed E-state index contributed by atoms with van der Waals surface area (Å²) in [7, 11) is 0. The van der Waals surface area contributed by atoms with Crippen molar-refractivity contribution in [3.05, 3.63) is 27.7 Å². The molecule has 0 aromatic heterocycles. The summed E-state index contributed by atoms with van der Waals surface area (Å²) < 4.78 is 0.805. The highest BCUT2D eigenvalue weighted by molar-refractivity contribution is 9.10. The minimum atomic E-state index is -0.626. The molecule has 0 spiro atoms. The smallest absolute Gasteiger partial charge is 0.243 e. The van der Waals surface area contributed by atoms with Crippen LogP contribution in [0.3, 0.4) is 0 Å². The fraction of sp³-hybridized carbons (Fsp3) is 0.417. The van der Waals surface area contributed by atoms with Gasteiger partial charge in [-0.15, -0.1) is 0 Å². The number of carbonyl (C=O) groups is 1. The largest absolute Gasteiger partial charge is 0.371 e. The predicted octanol–water partition coefficient (Wildman–Crippen LogP) is 3.27. The van der Waals surface area contributed by atoms with Crippen molar-refractivity contribution in [2.24, 2.45) is 5.73 Å². The van der Waals surface area contributed by atoms with Gasteiger partial charge < -0.3 is 11.1 Å². The Kier molecular flexibility index (Phi) is 4.45. The van der Waals surface area contributed by atoms with Gasteiger partial charge in [0.1, 0.15) is 5.54 Å². The lowest BCUT2D eigenvalue weighted by Crippen LogP contribution is -2.52. The van der Waals surface area contributed by atoms with E-state index in [4.69, 9.17) is 17.3 Å². The first-order chi connectivity index (χ1) is 8.53. The topological polar surface area (TPSA) is 55.1 Å². The zero-order chi connectivity index (χ0) is 13.2. The number of rotatable bonds is 3. The Balaban J connectivity index is 2.23. The van der Waals surface area contributed by atoms with E-state index in [2.05, 4.69) is 21.2 Å². The summed E-state index contributed by atoms with van der Waals surface area (Å²) >= 11 is 11.2. The molecule has 6 heteroatoms. The molecule has 18 heavy (non-hydrogen) atoms. The Morgan fingerprint density at radius 3 is 2.67 bits per heavy atom. The maximum atomic E-state index is 11.7. The molecule has 2 rings (SSSR count). The molecule has 1 amide bonds. The summed E-state index contributed by atoms with van der Waals surface area (Å²) in [6.45, 7) is 0. The lowest BCUT2D eigenvalue weighted by atomic mass is 9.91. The van der Waals surface area contributed by atoms with Crippen molar-refractivity contribution in [2.75, 3.05) is 16.8 Å². The van der Waals surface area contributed by atoms with Crippen molar-refractivity contribution >= 4 is 50.9 Å². The van der Waals surface area contributed by atoms with Gasteiger partial charge in [-0.3, -0.25) is 4.79 Å².